The SMILES string of the molecule is O=CC(=O)c1c2ccccc2cn1CC(=O)c1ccc(F)cc1. The van der Waals surface area contributed by atoms with E-state index < -0.39 is 11.6 Å². The lowest BCUT2D eigenvalue weighted by Gasteiger charge is -2.06. The summed E-state index contributed by atoms with van der Waals surface area (Å²) >= 11 is 0. The molecule has 0 saturated carbocycles. The third-order valence-corrected chi connectivity index (χ3v) is 3.62. The second-order valence-electron chi connectivity index (χ2n) is 5.11. The van der Waals surface area contributed by atoms with E-state index in [2.05, 4.69) is 0 Å². The van der Waals surface area contributed by atoms with Gasteiger partial charge in [0, 0.05) is 22.5 Å². The fourth-order valence-corrected chi connectivity index (χ4v) is 2.55. The normalized spacial score (nSPS) is 10.7. The van der Waals surface area contributed by atoms with Gasteiger partial charge in [-0.3, -0.25) is 14.4 Å². The number of halogens is 1. The maximum atomic E-state index is 12.9. The monoisotopic (exact) mass is 309 g/mol. The standard InChI is InChI=1S/C18H12FNO3/c19-14-7-5-12(6-8-14)16(22)10-20-9-13-3-1-2-4-15(13)18(20)17(23)11-21/h1-9,11H,10H2. The van der Waals surface area contributed by atoms with Crippen LogP contribution in [0.2, 0.25) is 0 Å². The minimum absolute atomic E-state index is 0.102. The number of hydrogen-bond donors (Lipinski definition) is 0. The lowest BCUT2D eigenvalue weighted by molar-refractivity contribution is -0.104. The Bertz CT molecular complexity index is 910. The summed E-state index contributed by atoms with van der Waals surface area (Å²) in [6.45, 7) is -0.102. The van der Waals surface area contributed by atoms with Crippen LogP contribution in [0.5, 0.6) is 0 Å². The molecular weight excluding hydrogens is 297 g/mol. The number of carbonyl (C=O) groups is 3. The lowest BCUT2D eigenvalue weighted by Crippen LogP contribution is -2.15. The lowest BCUT2D eigenvalue weighted by atomic mass is 10.1. The van der Waals surface area contributed by atoms with Crippen molar-refractivity contribution in [3.63, 3.8) is 0 Å². The number of benzene rings is 2. The molecule has 0 aliphatic rings. The molecule has 0 fully saturated rings. The molecule has 1 aromatic heterocycles. The van der Waals surface area contributed by atoms with Gasteiger partial charge in [0.15, 0.2) is 12.1 Å². The number of carbonyl (C=O) groups excluding carboxylic acids is 3. The Morgan fingerprint density at radius 2 is 1.74 bits per heavy atom. The summed E-state index contributed by atoms with van der Waals surface area (Å²) in [5.74, 6) is -1.38. The summed E-state index contributed by atoms with van der Waals surface area (Å²) in [7, 11) is 0. The molecule has 3 aromatic rings. The van der Waals surface area contributed by atoms with E-state index in [0.29, 0.717) is 10.9 Å². The molecular formula is C18H12FNO3. The zero-order valence-electron chi connectivity index (χ0n) is 12.0. The number of Topliss-reactive ketones (excluding diaryl/α,β-unsaturated/α-hetero) is 2. The Morgan fingerprint density at radius 3 is 2.43 bits per heavy atom. The van der Waals surface area contributed by atoms with Crippen LogP contribution < -0.4 is 0 Å². The molecule has 2 aromatic carbocycles. The molecule has 0 N–H and O–H groups in total. The minimum atomic E-state index is -0.682. The van der Waals surface area contributed by atoms with Crippen LogP contribution in [0, 0.1) is 5.82 Å². The zero-order chi connectivity index (χ0) is 16.4. The maximum absolute atomic E-state index is 12.9. The highest BCUT2D eigenvalue weighted by Gasteiger charge is 2.18. The number of hydrogen-bond acceptors (Lipinski definition) is 3. The molecule has 0 atom stereocenters. The van der Waals surface area contributed by atoms with Crippen LogP contribution in [0.25, 0.3) is 10.8 Å². The molecule has 0 saturated heterocycles. The van der Waals surface area contributed by atoms with Crippen molar-refractivity contribution in [3.8, 4) is 0 Å². The van der Waals surface area contributed by atoms with E-state index in [1.165, 1.54) is 28.8 Å². The van der Waals surface area contributed by atoms with E-state index in [-0.39, 0.29) is 24.3 Å². The number of fused-ring (bicyclic) bond motifs is 1. The quantitative estimate of drug-likeness (QED) is 0.413. The molecule has 0 spiro atoms. The van der Waals surface area contributed by atoms with Gasteiger partial charge >= 0.3 is 0 Å². The fourth-order valence-electron chi connectivity index (χ4n) is 2.55. The van der Waals surface area contributed by atoms with Crippen molar-refractivity contribution >= 4 is 28.6 Å². The van der Waals surface area contributed by atoms with E-state index >= 15 is 0 Å². The van der Waals surface area contributed by atoms with Gasteiger partial charge in [0.2, 0.25) is 5.78 Å². The highest BCUT2D eigenvalue weighted by atomic mass is 19.1. The largest absolute Gasteiger partial charge is 0.336 e. The van der Waals surface area contributed by atoms with Crippen molar-refractivity contribution in [2.45, 2.75) is 6.54 Å². The molecule has 0 radical (unpaired) electrons. The average molecular weight is 309 g/mol. The topological polar surface area (TPSA) is 56.1 Å². The molecule has 0 aliphatic carbocycles. The molecule has 0 amide bonds. The number of nitrogens with zero attached hydrogens (tertiary/aromatic N) is 1. The van der Waals surface area contributed by atoms with Gasteiger partial charge in [-0.25, -0.2) is 4.39 Å². The molecule has 0 bridgehead atoms. The van der Waals surface area contributed by atoms with Gasteiger partial charge in [0.1, 0.15) is 11.5 Å². The third kappa shape index (κ3) is 2.81. The van der Waals surface area contributed by atoms with E-state index in [9.17, 15) is 18.8 Å². The Hall–Kier alpha value is -3.08. The Labute approximate surface area is 131 Å². The van der Waals surface area contributed by atoms with E-state index in [1.54, 1.807) is 24.4 Å². The van der Waals surface area contributed by atoms with Gasteiger partial charge in [-0.15, -0.1) is 0 Å². The van der Waals surface area contributed by atoms with Crippen LogP contribution in [0.1, 0.15) is 20.8 Å². The molecule has 3 rings (SSSR count). The maximum Gasteiger partial charge on any atom is 0.242 e. The van der Waals surface area contributed by atoms with Crippen LogP contribution in [-0.4, -0.2) is 22.4 Å². The molecule has 23 heavy (non-hydrogen) atoms. The van der Waals surface area contributed by atoms with Crippen molar-refractivity contribution in [1.82, 2.24) is 4.57 Å². The van der Waals surface area contributed by atoms with Gasteiger partial charge in [0.25, 0.3) is 0 Å². The first-order valence-corrected chi connectivity index (χ1v) is 6.96. The summed E-state index contributed by atoms with van der Waals surface area (Å²) in [4.78, 5) is 35.1. The van der Waals surface area contributed by atoms with Crippen LogP contribution in [0.4, 0.5) is 4.39 Å². The van der Waals surface area contributed by atoms with Crippen molar-refractivity contribution in [2.24, 2.45) is 0 Å². The first kappa shape index (κ1) is 14.8. The highest BCUT2D eigenvalue weighted by molar-refractivity contribution is 6.35. The number of rotatable bonds is 5. The highest BCUT2D eigenvalue weighted by Crippen LogP contribution is 2.22. The smallest absolute Gasteiger partial charge is 0.242 e. The molecule has 1 heterocycles. The summed E-state index contributed by atoms with van der Waals surface area (Å²) in [5.41, 5.74) is 0.528. The van der Waals surface area contributed by atoms with Crippen molar-refractivity contribution in [2.75, 3.05) is 0 Å². The zero-order valence-corrected chi connectivity index (χ0v) is 12.0. The minimum Gasteiger partial charge on any atom is -0.336 e. The van der Waals surface area contributed by atoms with Gasteiger partial charge in [-0.1, -0.05) is 24.3 Å². The number of aldehydes is 1. The van der Waals surface area contributed by atoms with Crippen molar-refractivity contribution in [1.29, 1.82) is 0 Å². The van der Waals surface area contributed by atoms with E-state index in [4.69, 9.17) is 0 Å². The molecule has 0 unspecified atom stereocenters. The Morgan fingerprint density at radius 1 is 1.04 bits per heavy atom. The molecule has 4 nitrogen and oxygen atoms in total. The summed E-state index contributed by atoms with van der Waals surface area (Å²) < 4.78 is 14.4. The van der Waals surface area contributed by atoms with Gasteiger partial charge in [0.05, 0.1) is 6.54 Å². The van der Waals surface area contributed by atoms with Gasteiger partial charge in [-0.05, 0) is 24.3 Å². The van der Waals surface area contributed by atoms with Crippen LogP contribution in [0.15, 0.2) is 54.7 Å². The van der Waals surface area contributed by atoms with E-state index in [0.717, 1.165) is 5.39 Å². The molecule has 0 aliphatic heterocycles. The molecule has 5 heteroatoms. The Balaban J connectivity index is 2.02. The summed E-state index contributed by atoms with van der Waals surface area (Å²) in [6.07, 6.45) is 1.90. The van der Waals surface area contributed by atoms with Crippen LogP contribution in [-0.2, 0) is 11.3 Å². The average Bonchev–Trinajstić information content (AvgIpc) is 2.92. The van der Waals surface area contributed by atoms with Crippen molar-refractivity contribution in [3.05, 3.63) is 71.8 Å². The van der Waals surface area contributed by atoms with Crippen LogP contribution >= 0.6 is 0 Å². The number of aromatic nitrogens is 1. The van der Waals surface area contributed by atoms with Crippen molar-refractivity contribution < 1.29 is 18.8 Å². The molecule has 114 valence electrons. The first-order valence-electron chi connectivity index (χ1n) is 6.96. The first-order chi connectivity index (χ1) is 11.1. The Kier molecular flexibility index (Phi) is 3.85. The van der Waals surface area contributed by atoms with Gasteiger partial charge in [-0.2, -0.15) is 0 Å². The van der Waals surface area contributed by atoms with Crippen LogP contribution in [0.3, 0.4) is 0 Å². The second-order valence-corrected chi connectivity index (χ2v) is 5.11. The predicted octanol–water partition coefficient (Wildman–Crippen LogP) is 3.04. The third-order valence-electron chi connectivity index (χ3n) is 3.62. The van der Waals surface area contributed by atoms with E-state index in [1.807, 2.05) is 6.07 Å². The second kappa shape index (κ2) is 5.96. The number of ketones is 2. The summed E-state index contributed by atoms with van der Waals surface area (Å²) in [5, 5.41) is 1.39. The fraction of sp³-hybridized carbons (Fsp3) is 0.0556. The van der Waals surface area contributed by atoms with Gasteiger partial charge < -0.3 is 4.57 Å². The predicted molar refractivity (Wildman–Crippen MR) is 83.1 cm³/mol. The summed E-state index contributed by atoms with van der Waals surface area (Å²) in [6, 6.07) is 12.3.